The van der Waals surface area contributed by atoms with Crippen LogP contribution in [0.15, 0.2) is 0 Å². The Morgan fingerprint density at radius 2 is 2.40 bits per heavy atom. The Kier molecular flexibility index (Phi) is 1.96. The lowest BCUT2D eigenvalue weighted by Gasteiger charge is -2.01. The van der Waals surface area contributed by atoms with Crippen LogP contribution < -0.4 is 0 Å². The SMILES string of the molecule is CCn1nnnc1C(C)O. The van der Waals surface area contributed by atoms with Gasteiger partial charge in [0.15, 0.2) is 5.82 Å². The fourth-order valence-corrected chi connectivity index (χ4v) is 0.736. The summed E-state index contributed by atoms with van der Waals surface area (Å²) in [7, 11) is 0. The predicted octanol–water partition coefficient (Wildman–Crippen LogP) is -0.254. The van der Waals surface area contributed by atoms with Crippen LogP contribution in [-0.2, 0) is 6.54 Å². The zero-order chi connectivity index (χ0) is 7.56. The molecule has 0 amide bonds. The number of hydrogen-bond acceptors (Lipinski definition) is 4. The number of hydrogen-bond donors (Lipinski definition) is 1. The zero-order valence-corrected chi connectivity index (χ0v) is 6.02. The van der Waals surface area contributed by atoms with Gasteiger partial charge in [0.2, 0.25) is 0 Å². The van der Waals surface area contributed by atoms with Crippen molar-refractivity contribution in [2.45, 2.75) is 26.5 Å². The van der Waals surface area contributed by atoms with Crippen LogP contribution in [0.4, 0.5) is 0 Å². The van der Waals surface area contributed by atoms with Crippen LogP contribution in [0.25, 0.3) is 0 Å². The van der Waals surface area contributed by atoms with E-state index in [0.717, 1.165) is 0 Å². The molecule has 1 rings (SSSR count). The van der Waals surface area contributed by atoms with Gasteiger partial charge in [-0.1, -0.05) is 0 Å². The van der Waals surface area contributed by atoms with Crippen LogP contribution in [0, 0.1) is 0 Å². The third-order valence-corrected chi connectivity index (χ3v) is 1.23. The molecule has 0 fully saturated rings. The van der Waals surface area contributed by atoms with E-state index in [1.807, 2.05) is 6.92 Å². The molecule has 5 heteroatoms. The molecule has 1 heterocycles. The largest absolute Gasteiger partial charge is 0.385 e. The number of aromatic nitrogens is 4. The minimum atomic E-state index is -0.588. The minimum Gasteiger partial charge on any atom is -0.385 e. The molecule has 0 aromatic carbocycles. The Morgan fingerprint density at radius 1 is 1.70 bits per heavy atom. The summed E-state index contributed by atoms with van der Waals surface area (Å²) in [6.07, 6.45) is -0.588. The molecule has 0 radical (unpaired) electrons. The monoisotopic (exact) mass is 142 g/mol. The molecule has 0 saturated carbocycles. The van der Waals surface area contributed by atoms with Gasteiger partial charge in [0.25, 0.3) is 0 Å². The van der Waals surface area contributed by atoms with Gasteiger partial charge in [-0.2, -0.15) is 0 Å². The number of tetrazole rings is 1. The lowest BCUT2D eigenvalue weighted by Crippen LogP contribution is -2.06. The van der Waals surface area contributed by atoms with Gasteiger partial charge in [-0.3, -0.25) is 0 Å². The van der Waals surface area contributed by atoms with Crippen molar-refractivity contribution in [3.05, 3.63) is 5.82 Å². The highest BCUT2D eigenvalue weighted by atomic mass is 16.3. The fourth-order valence-electron chi connectivity index (χ4n) is 0.736. The third kappa shape index (κ3) is 1.13. The Balaban J connectivity index is 2.90. The van der Waals surface area contributed by atoms with Crippen LogP contribution >= 0.6 is 0 Å². The topological polar surface area (TPSA) is 63.8 Å². The summed E-state index contributed by atoms with van der Waals surface area (Å²) in [4.78, 5) is 0. The summed E-state index contributed by atoms with van der Waals surface area (Å²) >= 11 is 0. The zero-order valence-electron chi connectivity index (χ0n) is 6.02. The van der Waals surface area contributed by atoms with Gasteiger partial charge in [0.1, 0.15) is 6.10 Å². The van der Waals surface area contributed by atoms with Gasteiger partial charge in [-0.05, 0) is 24.3 Å². The lowest BCUT2D eigenvalue weighted by molar-refractivity contribution is 0.182. The van der Waals surface area contributed by atoms with E-state index in [0.29, 0.717) is 12.4 Å². The second-order valence-electron chi connectivity index (χ2n) is 2.03. The molecule has 1 unspecified atom stereocenters. The smallest absolute Gasteiger partial charge is 0.179 e. The van der Waals surface area contributed by atoms with Gasteiger partial charge in [-0.25, -0.2) is 4.68 Å². The van der Waals surface area contributed by atoms with Gasteiger partial charge in [0.05, 0.1) is 0 Å². The van der Waals surface area contributed by atoms with Crippen LogP contribution in [0.5, 0.6) is 0 Å². The number of aryl methyl sites for hydroxylation is 1. The third-order valence-electron chi connectivity index (χ3n) is 1.23. The molecule has 1 aromatic heterocycles. The molecule has 1 N–H and O–H groups in total. The standard InChI is InChI=1S/C5H10N4O/c1-3-9-5(4(2)10)6-7-8-9/h4,10H,3H2,1-2H3. The maximum Gasteiger partial charge on any atom is 0.179 e. The molecule has 56 valence electrons. The molecule has 0 saturated heterocycles. The van der Waals surface area contributed by atoms with Crippen molar-refractivity contribution in [3.8, 4) is 0 Å². The van der Waals surface area contributed by atoms with Gasteiger partial charge in [0, 0.05) is 6.54 Å². The highest BCUT2D eigenvalue weighted by Crippen LogP contribution is 2.04. The van der Waals surface area contributed by atoms with Crippen molar-refractivity contribution in [3.63, 3.8) is 0 Å². The van der Waals surface area contributed by atoms with Crippen molar-refractivity contribution >= 4 is 0 Å². The van der Waals surface area contributed by atoms with E-state index in [9.17, 15) is 0 Å². The maximum atomic E-state index is 9.06. The van der Waals surface area contributed by atoms with Crippen molar-refractivity contribution in [2.24, 2.45) is 0 Å². The van der Waals surface area contributed by atoms with Crippen molar-refractivity contribution in [1.29, 1.82) is 0 Å². The first-order valence-corrected chi connectivity index (χ1v) is 3.19. The van der Waals surface area contributed by atoms with Crippen LogP contribution in [0.3, 0.4) is 0 Å². The van der Waals surface area contributed by atoms with Crippen LogP contribution in [-0.4, -0.2) is 25.3 Å². The number of aliphatic hydroxyl groups excluding tert-OH is 1. The number of rotatable bonds is 2. The molecular weight excluding hydrogens is 132 g/mol. The normalized spacial score (nSPS) is 13.5. The molecule has 0 aliphatic rings. The van der Waals surface area contributed by atoms with E-state index >= 15 is 0 Å². The Hall–Kier alpha value is -0.970. The highest BCUT2D eigenvalue weighted by molar-refractivity contribution is 4.83. The summed E-state index contributed by atoms with van der Waals surface area (Å²) in [6, 6.07) is 0. The maximum absolute atomic E-state index is 9.06. The molecule has 0 aliphatic heterocycles. The van der Waals surface area contributed by atoms with Gasteiger partial charge in [-0.15, -0.1) is 5.10 Å². The molecule has 1 aromatic rings. The van der Waals surface area contributed by atoms with Gasteiger partial charge < -0.3 is 5.11 Å². The van der Waals surface area contributed by atoms with Crippen LogP contribution in [0.1, 0.15) is 25.8 Å². The molecule has 10 heavy (non-hydrogen) atoms. The fraction of sp³-hybridized carbons (Fsp3) is 0.800. The molecule has 0 spiro atoms. The number of nitrogens with zero attached hydrogens (tertiary/aromatic N) is 4. The van der Waals surface area contributed by atoms with Crippen molar-refractivity contribution in [2.75, 3.05) is 0 Å². The summed E-state index contributed by atoms with van der Waals surface area (Å²) in [6.45, 7) is 4.24. The Morgan fingerprint density at radius 3 is 2.80 bits per heavy atom. The minimum absolute atomic E-state index is 0.516. The van der Waals surface area contributed by atoms with E-state index in [1.54, 1.807) is 11.6 Å². The molecule has 1 atom stereocenters. The first kappa shape index (κ1) is 7.14. The average Bonchev–Trinajstić information content (AvgIpc) is 2.33. The molecule has 0 aliphatic carbocycles. The van der Waals surface area contributed by atoms with Crippen molar-refractivity contribution in [1.82, 2.24) is 20.2 Å². The molecule has 5 nitrogen and oxygen atoms in total. The van der Waals surface area contributed by atoms with E-state index in [-0.39, 0.29) is 0 Å². The van der Waals surface area contributed by atoms with E-state index in [1.165, 1.54) is 0 Å². The highest BCUT2D eigenvalue weighted by Gasteiger charge is 2.08. The van der Waals surface area contributed by atoms with E-state index < -0.39 is 6.10 Å². The van der Waals surface area contributed by atoms with E-state index in [2.05, 4.69) is 15.5 Å². The van der Waals surface area contributed by atoms with Crippen LogP contribution in [0.2, 0.25) is 0 Å². The second kappa shape index (κ2) is 2.74. The van der Waals surface area contributed by atoms with Crippen molar-refractivity contribution < 1.29 is 5.11 Å². The summed E-state index contributed by atoms with van der Waals surface area (Å²) in [5.41, 5.74) is 0. The Labute approximate surface area is 58.7 Å². The first-order chi connectivity index (χ1) is 4.75. The first-order valence-electron chi connectivity index (χ1n) is 3.19. The molecular formula is C5H10N4O. The molecule has 0 bridgehead atoms. The predicted molar refractivity (Wildman–Crippen MR) is 34.1 cm³/mol. The second-order valence-corrected chi connectivity index (χ2v) is 2.03. The summed E-state index contributed by atoms with van der Waals surface area (Å²) in [5, 5.41) is 19.8. The lowest BCUT2D eigenvalue weighted by atomic mass is 10.4. The summed E-state index contributed by atoms with van der Waals surface area (Å²) in [5.74, 6) is 0.516. The quantitative estimate of drug-likeness (QED) is 0.618. The average molecular weight is 142 g/mol. The van der Waals surface area contributed by atoms with E-state index in [4.69, 9.17) is 5.11 Å². The van der Waals surface area contributed by atoms with Gasteiger partial charge >= 0.3 is 0 Å². The number of aliphatic hydroxyl groups is 1. The summed E-state index contributed by atoms with van der Waals surface area (Å²) < 4.78 is 1.56. The Bertz CT molecular complexity index is 207.